The molecule has 3 aromatic rings. The van der Waals surface area contributed by atoms with Gasteiger partial charge in [0.15, 0.2) is 5.78 Å². The lowest BCUT2D eigenvalue weighted by molar-refractivity contribution is 0.104. The first-order valence-corrected chi connectivity index (χ1v) is 6.61. The van der Waals surface area contributed by atoms with E-state index in [2.05, 4.69) is 4.98 Å². The van der Waals surface area contributed by atoms with Crippen LogP contribution in [0.4, 0.5) is 5.69 Å². The first-order valence-electron chi connectivity index (χ1n) is 6.24. The van der Waals surface area contributed by atoms with Crippen molar-refractivity contribution in [3.63, 3.8) is 0 Å². The van der Waals surface area contributed by atoms with E-state index in [-0.39, 0.29) is 5.78 Å². The van der Waals surface area contributed by atoms with Gasteiger partial charge in [-0.25, -0.2) is 0 Å². The number of aromatic nitrogens is 1. The third kappa shape index (κ3) is 2.06. The molecule has 0 aliphatic carbocycles. The molecular formula is C16H13ClN2O. The molecule has 3 nitrogen and oxygen atoms in total. The number of benzene rings is 2. The summed E-state index contributed by atoms with van der Waals surface area (Å²) in [4.78, 5) is 15.7. The molecule has 3 rings (SSSR count). The predicted molar refractivity (Wildman–Crippen MR) is 82.3 cm³/mol. The zero-order valence-electron chi connectivity index (χ0n) is 10.9. The highest BCUT2D eigenvalue weighted by molar-refractivity contribution is 6.37. The smallest absolute Gasteiger partial charge is 0.195 e. The van der Waals surface area contributed by atoms with Gasteiger partial charge in [0, 0.05) is 33.9 Å². The zero-order chi connectivity index (χ0) is 14.3. The van der Waals surface area contributed by atoms with Gasteiger partial charge in [-0.15, -0.1) is 0 Å². The summed E-state index contributed by atoms with van der Waals surface area (Å²) in [6.07, 6.45) is 1.69. The second kappa shape index (κ2) is 4.69. The number of fused-ring (bicyclic) bond motifs is 1. The molecule has 4 heteroatoms. The largest absolute Gasteiger partial charge is 0.399 e. The number of aryl methyl sites for hydroxylation is 1. The fraction of sp³-hybridized carbons (Fsp3) is 0.0625. The van der Waals surface area contributed by atoms with E-state index < -0.39 is 0 Å². The van der Waals surface area contributed by atoms with Gasteiger partial charge in [0.25, 0.3) is 0 Å². The fourth-order valence-electron chi connectivity index (χ4n) is 2.42. The van der Waals surface area contributed by atoms with Crippen LogP contribution in [0, 0.1) is 6.92 Å². The predicted octanol–water partition coefficient (Wildman–Crippen LogP) is 3.94. The Balaban J connectivity index is 2.18. The lowest BCUT2D eigenvalue weighted by Crippen LogP contribution is -2.02. The third-order valence-corrected chi connectivity index (χ3v) is 3.58. The number of halogens is 1. The molecule has 1 aromatic heterocycles. The van der Waals surface area contributed by atoms with Gasteiger partial charge in [0.1, 0.15) is 0 Å². The van der Waals surface area contributed by atoms with Crippen molar-refractivity contribution < 1.29 is 4.79 Å². The molecule has 20 heavy (non-hydrogen) atoms. The Morgan fingerprint density at radius 1 is 1.25 bits per heavy atom. The van der Waals surface area contributed by atoms with Gasteiger partial charge in [-0.2, -0.15) is 0 Å². The summed E-state index contributed by atoms with van der Waals surface area (Å²) in [5.41, 5.74) is 9.33. The van der Waals surface area contributed by atoms with Crippen molar-refractivity contribution in [2.75, 3.05) is 5.73 Å². The molecule has 1 heterocycles. The minimum absolute atomic E-state index is 0.0836. The van der Waals surface area contributed by atoms with Crippen LogP contribution in [0.1, 0.15) is 21.5 Å². The maximum Gasteiger partial charge on any atom is 0.195 e. The number of nitrogens with one attached hydrogen (secondary N) is 1. The number of aromatic amines is 1. The molecule has 0 saturated carbocycles. The number of carbonyl (C=O) groups is 1. The molecule has 100 valence electrons. The second-order valence-corrected chi connectivity index (χ2v) is 5.23. The van der Waals surface area contributed by atoms with E-state index in [1.165, 1.54) is 0 Å². The Labute approximate surface area is 121 Å². The van der Waals surface area contributed by atoms with Crippen molar-refractivity contribution in [2.45, 2.75) is 6.92 Å². The van der Waals surface area contributed by atoms with Crippen LogP contribution in [0.2, 0.25) is 5.02 Å². The Morgan fingerprint density at radius 2 is 2.05 bits per heavy atom. The van der Waals surface area contributed by atoms with Crippen molar-refractivity contribution in [1.29, 1.82) is 0 Å². The molecule has 0 aliphatic heterocycles. The second-order valence-electron chi connectivity index (χ2n) is 4.83. The Bertz CT molecular complexity index is 800. The molecule has 0 saturated heterocycles. The summed E-state index contributed by atoms with van der Waals surface area (Å²) in [6, 6.07) is 10.9. The maximum atomic E-state index is 12.6. The summed E-state index contributed by atoms with van der Waals surface area (Å²) in [5.74, 6) is -0.0836. The van der Waals surface area contributed by atoms with Gasteiger partial charge in [-0.3, -0.25) is 4.79 Å². The van der Waals surface area contributed by atoms with Crippen LogP contribution in [-0.2, 0) is 0 Å². The SMILES string of the molecule is Cc1cc(N)cc(C(=O)c2c[nH]c3cccc(Cl)c23)c1. The Morgan fingerprint density at radius 3 is 2.80 bits per heavy atom. The standard InChI is InChI=1S/C16H13ClN2O/c1-9-5-10(7-11(18)6-9)16(20)12-8-19-14-4-2-3-13(17)15(12)14/h2-8,19H,18H2,1H3. The number of ketones is 1. The number of hydrogen-bond donors (Lipinski definition) is 2. The van der Waals surface area contributed by atoms with Crippen LogP contribution in [0.15, 0.2) is 42.6 Å². The number of rotatable bonds is 2. The topological polar surface area (TPSA) is 58.9 Å². The van der Waals surface area contributed by atoms with E-state index in [9.17, 15) is 4.79 Å². The lowest BCUT2D eigenvalue weighted by atomic mass is 10.0. The van der Waals surface area contributed by atoms with Gasteiger partial charge in [-0.05, 0) is 42.8 Å². The van der Waals surface area contributed by atoms with Crippen molar-refractivity contribution in [3.05, 3.63) is 64.3 Å². The molecule has 0 aliphatic rings. The molecule has 0 fully saturated rings. The van der Waals surface area contributed by atoms with E-state index in [0.29, 0.717) is 21.8 Å². The Kier molecular flexibility index (Phi) is 2.99. The van der Waals surface area contributed by atoms with Gasteiger partial charge in [-0.1, -0.05) is 17.7 Å². The van der Waals surface area contributed by atoms with Crippen LogP contribution in [0.3, 0.4) is 0 Å². The molecule has 0 unspecified atom stereocenters. The van der Waals surface area contributed by atoms with Crippen LogP contribution < -0.4 is 5.73 Å². The monoisotopic (exact) mass is 284 g/mol. The summed E-state index contributed by atoms with van der Waals surface area (Å²) in [7, 11) is 0. The minimum Gasteiger partial charge on any atom is -0.399 e. The number of H-pyrrole nitrogens is 1. The third-order valence-electron chi connectivity index (χ3n) is 3.26. The van der Waals surface area contributed by atoms with Crippen molar-refractivity contribution >= 4 is 34.0 Å². The average Bonchev–Trinajstić information content (AvgIpc) is 2.82. The van der Waals surface area contributed by atoms with Gasteiger partial charge >= 0.3 is 0 Å². The Hall–Kier alpha value is -2.26. The van der Waals surface area contributed by atoms with Crippen LogP contribution >= 0.6 is 11.6 Å². The van der Waals surface area contributed by atoms with E-state index in [0.717, 1.165) is 16.5 Å². The van der Waals surface area contributed by atoms with E-state index >= 15 is 0 Å². The molecule has 3 N–H and O–H groups in total. The summed E-state index contributed by atoms with van der Waals surface area (Å²) < 4.78 is 0. The average molecular weight is 285 g/mol. The minimum atomic E-state index is -0.0836. The summed E-state index contributed by atoms with van der Waals surface area (Å²) in [6.45, 7) is 1.91. The molecule has 0 amide bonds. The molecule has 0 spiro atoms. The molecule has 0 atom stereocenters. The summed E-state index contributed by atoms with van der Waals surface area (Å²) >= 11 is 6.20. The number of hydrogen-bond acceptors (Lipinski definition) is 2. The molecule has 0 radical (unpaired) electrons. The van der Waals surface area contributed by atoms with Gasteiger partial charge in [0.2, 0.25) is 0 Å². The molecule has 2 aromatic carbocycles. The highest BCUT2D eigenvalue weighted by Gasteiger charge is 2.16. The summed E-state index contributed by atoms with van der Waals surface area (Å²) in [5, 5.41) is 1.31. The van der Waals surface area contributed by atoms with Crippen LogP contribution in [0.25, 0.3) is 10.9 Å². The van der Waals surface area contributed by atoms with E-state index in [1.807, 2.05) is 31.2 Å². The zero-order valence-corrected chi connectivity index (χ0v) is 11.7. The number of carbonyl (C=O) groups excluding carboxylic acids is 1. The van der Waals surface area contributed by atoms with Crippen molar-refractivity contribution in [2.24, 2.45) is 0 Å². The highest BCUT2D eigenvalue weighted by Crippen LogP contribution is 2.28. The number of nitrogen functional groups attached to an aromatic ring is 1. The first kappa shape index (κ1) is 12.8. The van der Waals surface area contributed by atoms with Crippen LogP contribution in [0.5, 0.6) is 0 Å². The number of anilines is 1. The van der Waals surface area contributed by atoms with E-state index in [1.54, 1.807) is 18.3 Å². The highest BCUT2D eigenvalue weighted by atomic mass is 35.5. The molecule has 0 bridgehead atoms. The van der Waals surface area contributed by atoms with Gasteiger partial charge in [0.05, 0.1) is 5.02 Å². The number of nitrogens with two attached hydrogens (primary N) is 1. The van der Waals surface area contributed by atoms with Crippen LogP contribution in [-0.4, -0.2) is 10.8 Å². The first-order chi connectivity index (χ1) is 9.56. The fourth-order valence-corrected chi connectivity index (χ4v) is 2.69. The van der Waals surface area contributed by atoms with Gasteiger partial charge < -0.3 is 10.7 Å². The van der Waals surface area contributed by atoms with E-state index in [4.69, 9.17) is 17.3 Å². The lowest BCUT2D eigenvalue weighted by Gasteiger charge is -2.04. The maximum absolute atomic E-state index is 12.6. The van der Waals surface area contributed by atoms with Crippen molar-refractivity contribution in [1.82, 2.24) is 4.98 Å². The molecular weight excluding hydrogens is 272 g/mol. The van der Waals surface area contributed by atoms with Crippen molar-refractivity contribution in [3.8, 4) is 0 Å². The normalized spacial score (nSPS) is 10.9. The quantitative estimate of drug-likeness (QED) is 0.553.